The van der Waals surface area contributed by atoms with Crippen LogP contribution in [0, 0.1) is 6.92 Å². The molecule has 1 aliphatic rings. The number of rotatable bonds is 5. The highest BCUT2D eigenvalue weighted by Crippen LogP contribution is 2.29. The molecule has 0 spiro atoms. The van der Waals surface area contributed by atoms with Crippen LogP contribution < -0.4 is 16.4 Å². The molecule has 0 aromatic carbocycles. The fraction of sp³-hybridized carbons (Fsp3) is 0.412. The molecule has 8 heteroatoms. The minimum absolute atomic E-state index is 0.212. The van der Waals surface area contributed by atoms with E-state index in [9.17, 15) is 9.59 Å². The Morgan fingerprint density at radius 1 is 1.28 bits per heavy atom. The van der Waals surface area contributed by atoms with Crippen LogP contribution >= 0.6 is 0 Å². The molecule has 2 aromatic heterocycles. The van der Waals surface area contributed by atoms with E-state index in [0.29, 0.717) is 23.5 Å². The lowest BCUT2D eigenvalue weighted by atomic mass is 9.96. The quantitative estimate of drug-likeness (QED) is 0.649. The smallest absolute Gasteiger partial charge is 0.270 e. The lowest BCUT2D eigenvalue weighted by Crippen LogP contribution is -2.54. The molecule has 0 radical (unpaired) electrons. The second-order valence-electron chi connectivity index (χ2n) is 6.55. The third-order valence-electron chi connectivity index (χ3n) is 4.60. The first kappa shape index (κ1) is 16.9. The fourth-order valence-electron chi connectivity index (χ4n) is 3.26. The maximum absolute atomic E-state index is 12.7. The van der Waals surface area contributed by atoms with Gasteiger partial charge in [-0.25, -0.2) is 4.98 Å². The molecule has 0 saturated heterocycles. The second kappa shape index (κ2) is 6.92. The third kappa shape index (κ3) is 3.78. The zero-order valence-electron chi connectivity index (χ0n) is 14.1. The minimum atomic E-state index is -0.452. The molecule has 132 valence electrons. The molecular formula is C17H22N6O2. The van der Waals surface area contributed by atoms with Gasteiger partial charge in [0.25, 0.3) is 11.8 Å². The van der Waals surface area contributed by atoms with E-state index in [1.54, 1.807) is 13.0 Å². The topological polar surface area (TPSA) is 126 Å². The summed E-state index contributed by atoms with van der Waals surface area (Å²) < 4.78 is 0. The first-order chi connectivity index (χ1) is 12.0. The van der Waals surface area contributed by atoms with Crippen molar-refractivity contribution in [3.63, 3.8) is 0 Å². The monoisotopic (exact) mass is 342 g/mol. The van der Waals surface area contributed by atoms with Crippen molar-refractivity contribution in [2.24, 2.45) is 0 Å². The first-order valence-corrected chi connectivity index (χ1v) is 8.31. The fourth-order valence-corrected chi connectivity index (χ4v) is 3.26. The van der Waals surface area contributed by atoms with E-state index in [1.807, 2.05) is 0 Å². The van der Waals surface area contributed by atoms with Gasteiger partial charge < -0.3 is 16.4 Å². The molecule has 8 nitrogen and oxygen atoms in total. The standard InChI is InChI=1S/C17H22N6O2/c1-11-6-13(18)9-19-14(11)16(25)23-17(4-2-3-5-17)10-20-15(24)12-7-21-22-8-12/h6-9H,2-5,10,18H2,1H3,(H,20,24)(H,21,22)(H,23,25). The van der Waals surface area contributed by atoms with Gasteiger partial charge in [-0.2, -0.15) is 5.10 Å². The Kier molecular flexibility index (Phi) is 4.69. The molecule has 0 atom stereocenters. The number of hydrogen-bond acceptors (Lipinski definition) is 5. The molecule has 0 unspecified atom stereocenters. The van der Waals surface area contributed by atoms with E-state index in [0.717, 1.165) is 31.2 Å². The van der Waals surface area contributed by atoms with Crippen molar-refractivity contribution < 1.29 is 9.59 Å². The average molecular weight is 342 g/mol. The molecule has 1 aliphatic carbocycles. The van der Waals surface area contributed by atoms with Crippen molar-refractivity contribution in [3.8, 4) is 0 Å². The molecule has 3 rings (SSSR count). The Balaban J connectivity index is 1.69. The molecule has 0 aliphatic heterocycles. The number of aromatic amines is 1. The highest BCUT2D eigenvalue weighted by atomic mass is 16.2. The van der Waals surface area contributed by atoms with E-state index in [2.05, 4.69) is 25.8 Å². The van der Waals surface area contributed by atoms with Gasteiger partial charge in [0.2, 0.25) is 0 Å². The van der Waals surface area contributed by atoms with Gasteiger partial charge in [0.1, 0.15) is 5.69 Å². The number of nitrogens with one attached hydrogen (secondary N) is 3. The summed E-state index contributed by atoms with van der Waals surface area (Å²) >= 11 is 0. The Bertz CT molecular complexity index is 765. The van der Waals surface area contributed by atoms with Crippen LogP contribution in [-0.4, -0.2) is 39.1 Å². The number of hydrogen-bond donors (Lipinski definition) is 4. The first-order valence-electron chi connectivity index (χ1n) is 8.31. The number of aryl methyl sites for hydroxylation is 1. The van der Waals surface area contributed by atoms with Crippen LogP contribution in [0.1, 0.15) is 52.1 Å². The molecule has 0 bridgehead atoms. The number of nitrogen functional groups attached to an aromatic ring is 1. The Hall–Kier alpha value is -2.90. The zero-order valence-corrected chi connectivity index (χ0v) is 14.1. The predicted molar refractivity (Wildman–Crippen MR) is 93.0 cm³/mol. The molecule has 1 fully saturated rings. The van der Waals surface area contributed by atoms with Crippen LogP contribution in [0.3, 0.4) is 0 Å². The van der Waals surface area contributed by atoms with Crippen LogP contribution in [0.4, 0.5) is 5.69 Å². The summed E-state index contributed by atoms with van der Waals surface area (Å²) in [6.45, 7) is 2.18. The number of amides is 2. The largest absolute Gasteiger partial charge is 0.397 e. The average Bonchev–Trinajstić information content (AvgIpc) is 3.25. The van der Waals surface area contributed by atoms with Gasteiger partial charge in [0, 0.05) is 12.7 Å². The number of anilines is 1. The predicted octanol–water partition coefficient (Wildman–Crippen LogP) is 1.17. The van der Waals surface area contributed by atoms with Gasteiger partial charge in [-0.05, 0) is 31.4 Å². The summed E-state index contributed by atoms with van der Waals surface area (Å²) in [5, 5.41) is 12.4. The lowest BCUT2D eigenvalue weighted by molar-refractivity contribution is 0.0863. The van der Waals surface area contributed by atoms with E-state index in [4.69, 9.17) is 5.73 Å². The van der Waals surface area contributed by atoms with Crippen LogP contribution in [0.5, 0.6) is 0 Å². The Morgan fingerprint density at radius 2 is 2.04 bits per heavy atom. The maximum Gasteiger partial charge on any atom is 0.270 e. The molecule has 2 amide bonds. The number of pyridine rings is 1. The SMILES string of the molecule is Cc1cc(N)cnc1C(=O)NC1(CNC(=O)c2cn[nH]c2)CCCC1. The van der Waals surface area contributed by atoms with Gasteiger partial charge in [-0.1, -0.05) is 12.8 Å². The summed E-state index contributed by atoms with van der Waals surface area (Å²) in [5.74, 6) is -0.451. The van der Waals surface area contributed by atoms with E-state index in [-0.39, 0.29) is 11.8 Å². The van der Waals surface area contributed by atoms with Crippen molar-refractivity contribution in [1.29, 1.82) is 0 Å². The van der Waals surface area contributed by atoms with Gasteiger partial charge >= 0.3 is 0 Å². The number of H-pyrrole nitrogens is 1. The van der Waals surface area contributed by atoms with Gasteiger partial charge in [0.15, 0.2) is 0 Å². The number of nitrogens with two attached hydrogens (primary N) is 1. The van der Waals surface area contributed by atoms with E-state index < -0.39 is 5.54 Å². The van der Waals surface area contributed by atoms with Crippen molar-refractivity contribution in [3.05, 3.63) is 41.5 Å². The summed E-state index contributed by atoms with van der Waals surface area (Å²) in [6.07, 6.45) is 8.14. The summed E-state index contributed by atoms with van der Waals surface area (Å²) in [4.78, 5) is 29.0. The van der Waals surface area contributed by atoms with Gasteiger partial charge in [-0.3, -0.25) is 14.7 Å². The van der Waals surface area contributed by atoms with Crippen LogP contribution in [0.2, 0.25) is 0 Å². The van der Waals surface area contributed by atoms with E-state index in [1.165, 1.54) is 18.6 Å². The lowest BCUT2D eigenvalue weighted by Gasteiger charge is -2.30. The normalized spacial score (nSPS) is 15.7. The van der Waals surface area contributed by atoms with Gasteiger partial charge in [0.05, 0.1) is 29.2 Å². The van der Waals surface area contributed by atoms with Crippen molar-refractivity contribution in [1.82, 2.24) is 25.8 Å². The zero-order chi connectivity index (χ0) is 17.9. The number of carbonyl (C=O) groups excluding carboxylic acids is 2. The number of aromatic nitrogens is 3. The highest BCUT2D eigenvalue weighted by molar-refractivity contribution is 5.95. The molecule has 5 N–H and O–H groups in total. The summed E-state index contributed by atoms with van der Waals surface area (Å²) in [7, 11) is 0. The third-order valence-corrected chi connectivity index (χ3v) is 4.60. The Labute approximate surface area is 145 Å². The second-order valence-corrected chi connectivity index (χ2v) is 6.55. The van der Waals surface area contributed by atoms with Gasteiger partial charge in [-0.15, -0.1) is 0 Å². The number of nitrogens with zero attached hydrogens (tertiary/aromatic N) is 2. The molecule has 2 heterocycles. The van der Waals surface area contributed by atoms with E-state index >= 15 is 0 Å². The maximum atomic E-state index is 12.7. The highest BCUT2D eigenvalue weighted by Gasteiger charge is 2.36. The molecule has 2 aromatic rings. The Morgan fingerprint density at radius 3 is 2.68 bits per heavy atom. The van der Waals surface area contributed by atoms with Crippen molar-refractivity contribution >= 4 is 17.5 Å². The molecule has 1 saturated carbocycles. The molecule has 25 heavy (non-hydrogen) atoms. The number of carbonyl (C=O) groups is 2. The van der Waals surface area contributed by atoms with Crippen LogP contribution in [0.15, 0.2) is 24.7 Å². The van der Waals surface area contributed by atoms with Crippen LogP contribution in [-0.2, 0) is 0 Å². The van der Waals surface area contributed by atoms with Crippen molar-refractivity contribution in [2.45, 2.75) is 38.1 Å². The van der Waals surface area contributed by atoms with Crippen molar-refractivity contribution in [2.75, 3.05) is 12.3 Å². The minimum Gasteiger partial charge on any atom is -0.397 e. The molecular weight excluding hydrogens is 320 g/mol. The van der Waals surface area contributed by atoms with Crippen LogP contribution in [0.25, 0.3) is 0 Å². The summed E-state index contributed by atoms with van der Waals surface area (Å²) in [5.41, 5.74) is 7.33. The summed E-state index contributed by atoms with van der Waals surface area (Å²) in [6, 6.07) is 1.73.